The molecule has 0 aromatic heterocycles. The SMILES string of the molecule is CCCCCCCCCCCCCCC(CCC)c1ccccc1C(=O)O. The quantitative estimate of drug-likeness (QED) is 0.278. The number of hydrogen-bond donors (Lipinski definition) is 1. The van der Waals surface area contributed by atoms with E-state index in [9.17, 15) is 9.90 Å². The maximum atomic E-state index is 11.5. The molecule has 1 aromatic rings. The van der Waals surface area contributed by atoms with Gasteiger partial charge in [0.1, 0.15) is 0 Å². The van der Waals surface area contributed by atoms with Gasteiger partial charge >= 0.3 is 5.97 Å². The summed E-state index contributed by atoms with van der Waals surface area (Å²) in [5.41, 5.74) is 1.53. The zero-order valence-corrected chi connectivity index (χ0v) is 17.8. The molecule has 0 aliphatic rings. The normalized spacial score (nSPS) is 12.2. The summed E-state index contributed by atoms with van der Waals surface area (Å²) in [5.74, 6) is -0.396. The third-order valence-corrected chi connectivity index (χ3v) is 5.67. The monoisotopic (exact) mass is 374 g/mol. The molecule has 0 bridgehead atoms. The van der Waals surface area contributed by atoms with Gasteiger partial charge in [0.15, 0.2) is 0 Å². The van der Waals surface area contributed by atoms with Crippen molar-refractivity contribution < 1.29 is 9.90 Å². The first kappa shape index (κ1) is 23.7. The summed E-state index contributed by atoms with van der Waals surface area (Å²) in [6, 6.07) is 7.58. The predicted octanol–water partition coefficient (Wildman–Crippen LogP) is 8.36. The fraction of sp³-hybridized carbons (Fsp3) is 0.720. The molecule has 154 valence electrons. The van der Waals surface area contributed by atoms with Crippen molar-refractivity contribution in [1.29, 1.82) is 0 Å². The third kappa shape index (κ3) is 10.6. The maximum absolute atomic E-state index is 11.5. The number of unbranched alkanes of at least 4 members (excludes halogenated alkanes) is 11. The van der Waals surface area contributed by atoms with E-state index in [-0.39, 0.29) is 0 Å². The van der Waals surface area contributed by atoms with Gasteiger partial charge in [-0.3, -0.25) is 0 Å². The zero-order valence-electron chi connectivity index (χ0n) is 17.8. The molecule has 0 aliphatic heterocycles. The first-order chi connectivity index (χ1) is 13.2. The first-order valence-electron chi connectivity index (χ1n) is 11.5. The minimum Gasteiger partial charge on any atom is -0.478 e. The van der Waals surface area contributed by atoms with Crippen molar-refractivity contribution in [3.05, 3.63) is 35.4 Å². The van der Waals surface area contributed by atoms with Crippen LogP contribution in [0.25, 0.3) is 0 Å². The molecule has 2 nitrogen and oxygen atoms in total. The molecule has 1 unspecified atom stereocenters. The molecule has 27 heavy (non-hydrogen) atoms. The summed E-state index contributed by atoms with van der Waals surface area (Å²) in [6.45, 7) is 4.47. The summed E-state index contributed by atoms with van der Waals surface area (Å²) in [7, 11) is 0. The van der Waals surface area contributed by atoms with Gasteiger partial charge in [0, 0.05) is 0 Å². The van der Waals surface area contributed by atoms with Crippen LogP contribution < -0.4 is 0 Å². The maximum Gasteiger partial charge on any atom is 0.335 e. The van der Waals surface area contributed by atoms with E-state index in [4.69, 9.17) is 0 Å². The Balaban J connectivity index is 2.19. The van der Waals surface area contributed by atoms with Crippen LogP contribution in [-0.2, 0) is 0 Å². The molecule has 0 heterocycles. The number of hydrogen-bond acceptors (Lipinski definition) is 1. The van der Waals surface area contributed by atoms with Gasteiger partial charge in [0.2, 0.25) is 0 Å². The molecule has 1 rings (SSSR count). The van der Waals surface area contributed by atoms with Gasteiger partial charge < -0.3 is 5.11 Å². The van der Waals surface area contributed by atoms with E-state index in [0.717, 1.165) is 24.8 Å². The van der Waals surface area contributed by atoms with Crippen LogP contribution in [0.1, 0.15) is 132 Å². The second kappa shape index (κ2) is 15.7. The van der Waals surface area contributed by atoms with Crippen LogP contribution in [0.15, 0.2) is 24.3 Å². The molecular formula is C25H42O2. The largest absolute Gasteiger partial charge is 0.478 e. The highest BCUT2D eigenvalue weighted by Gasteiger charge is 2.17. The first-order valence-corrected chi connectivity index (χ1v) is 11.5. The Morgan fingerprint density at radius 1 is 0.741 bits per heavy atom. The summed E-state index contributed by atoms with van der Waals surface area (Å²) in [6.07, 6.45) is 19.7. The molecule has 0 fully saturated rings. The van der Waals surface area contributed by atoms with Crippen molar-refractivity contribution in [3.8, 4) is 0 Å². The van der Waals surface area contributed by atoms with Crippen LogP contribution in [0.2, 0.25) is 0 Å². The highest BCUT2D eigenvalue weighted by Crippen LogP contribution is 2.30. The number of rotatable bonds is 17. The summed E-state index contributed by atoms with van der Waals surface area (Å²) in [5, 5.41) is 9.46. The van der Waals surface area contributed by atoms with Crippen LogP contribution in [0.3, 0.4) is 0 Å². The van der Waals surface area contributed by atoms with Gasteiger partial charge in [-0.05, 0) is 30.4 Å². The fourth-order valence-electron chi connectivity index (χ4n) is 4.08. The van der Waals surface area contributed by atoms with E-state index in [1.807, 2.05) is 18.2 Å². The van der Waals surface area contributed by atoms with Gasteiger partial charge in [-0.15, -0.1) is 0 Å². The number of carbonyl (C=O) groups is 1. The standard InChI is InChI=1S/C25H42O2/c1-3-5-6-7-8-9-10-11-12-13-14-15-19-22(18-4-2)23-20-16-17-21-24(23)25(26)27/h16-17,20-22H,3-15,18-19H2,1-2H3,(H,26,27). The van der Waals surface area contributed by atoms with Crippen LogP contribution in [0, 0.1) is 0 Å². The molecule has 0 saturated carbocycles. The second-order valence-corrected chi connectivity index (χ2v) is 8.06. The third-order valence-electron chi connectivity index (χ3n) is 5.67. The van der Waals surface area contributed by atoms with Gasteiger partial charge in [-0.1, -0.05) is 116 Å². The summed E-state index contributed by atoms with van der Waals surface area (Å²) >= 11 is 0. The van der Waals surface area contributed by atoms with E-state index in [1.54, 1.807) is 6.07 Å². The number of aromatic carboxylic acids is 1. The van der Waals surface area contributed by atoms with Gasteiger partial charge in [-0.2, -0.15) is 0 Å². The molecule has 2 heteroatoms. The Labute approximate surface area is 167 Å². The van der Waals surface area contributed by atoms with E-state index >= 15 is 0 Å². The Bertz CT molecular complexity index is 495. The lowest BCUT2D eigenvalue weighted by molar-refractivity contribution is 0.0695. The van der Waals surface area contributed by atoms with E-state index < -0.39 is 5.97 Å². The topological polar surface area (TPSA) is 37.3 Å². The Morgan fingerprint density at radius 2 is 1.26 bits per heavy atom. The van der Waals surface area contributed by atoms with Crippen LogP contribution >= 0.6 is 0 Å². The molecule has 1 aromatic carbocycles. The van der Waals surface area contributed by atoms with Crippen LogP contribution in [0.5, 0.6) is 0 Å². The number of carboxylic acid groups (broad SMARTS) is 1. The predicted molar refractivity (Wildman–Crippen MR) is 117 cm³/mol. The smallest absolute Gasteiger partial charge is 0.335 e. The van der Waals surface area contributed by atoms with Crippen LogP contribution in [0.4, 0.5) is 0 Å². The van der Waals surface area contributed by atoms with Crippen molar-refractivity contribution in [2.24, 2.45) is 0 Å². The lowest BCUT2D eigenvalue weighted by Gasteiger charge is -2.18. The van der Waals surface area contributed by atoms with E-state index in [0.29, 0.717) is 11.5 Å². The van der Waals surface area contributed by atoms with Crippen molar-refractivity contribution in [2.75, 3.05) is 0 Å². The Hall–Kier alpha value is -1.31. The highest BCUT2D eigenvalue weighted by molar-refractivity contribution is 5.89. The van der Waals surface area contributed by atoms with E-state index in [1.165, 1.54) is 77.0 Å². The summed E-state index contributed by atoms with van der Waals surface area (Å²) in [4.78, 5) is 11.5. The minimum atomic E-state index is -0.790. The number of benzene rings is 1. The van der Waals surface area contributed by atoms with E-state index in [2.05, 4.69) is 13.8 Å². The van der Waals surface area contributed by atoms with Crippen LogP contribution in [-0.4, -0.2) is 11.1 Å². The van der Waals surface area contributed by atoms with Gasteiger partial charge in [-0.25, -0.2) is 4.79 Å². The molecule has 1 atom stereocenters. The zero-order chi connectivity index (χ0) is 19.7. The minimum absolute atomic E-state index is 0.394. The molecular weight excluding hydrogens is 332 g/mol. The average molecular weight is 375 g/mol. The van der Waals surface area contributed by atoms with Gasteiger partial charge in [0.25, 0.3) is 0 Å². The fourth-order valence-corrected chi connectivity index (χ4v) is 4.08. The molecule has 0 spiro atoms. The summed E-state index contributed by atoms with van der Waals surface area (Å²) < 4.78 is 0. The average Bonchev–Trinajstić information content (AvgIpc) is 2.68. The Morgan fingerprint density at radius 3 is 1.78 bits per heavy atom. The number of carboxylic acids is 1. The molecule has 0 aliphatic carbocycles. The lowest BCUT2D eigenvalue weighted by Crippen LogP contribution is -2.07. The molecule has 1 N–H and O–H groups in total. The molecule has 0 saturated heterocycles. The van der Waals surface area contributed by atoms with Crippen molar-refractivity contribution >= 4 is 5.97 Å². The second-order valence-electron chi connectivity index (χ2n) is 8.06. The van der Waals surface area contributed by atoms with Crippen molar-refractivity contribution in [2.45, 2.75) is 116 Å². The molecule has 0 radical (unpaired) electrons. The Kier molecular flexibility index (Phi) is 13.8. The lowest BCUT2D eigenvalue weighted by atomic mass is 9.86. The van der Waals surface area contributed by atoms with Crippen molar-refractivity contribution in [1.82, 2.24) is 0 Å². The highest BCUT2D eigenvalue weighted by atomic mass is 16.4. The molecule has 0 amide bonds. The van der Waals surface area contributed by atoms with Crippen molar-refractivity contribution in [3.63, 3.8) is 0 Å². The van der Waals surface area contributed by atoms with Gasteiger partial charge in [0.05, 0.1) is 5.56 Å².